The topological polar surface area (TPSA) is 86.4 Å². The smallest absolute Gasteiger partial charge is 0.258 e. The summed E-state index contributed by atoms with van der Waals surface area (Å²) in [6.45, 7) is 5.74. The average Bonchev–Trinajstić information content (AvgIpc) is 3.37. The number of aromatic nitrogens is 2. The summed E-state index contributed by atoms with van der Waals surface area (Å²) >= 11 is 0. The Bertz CT molecular complexity index is 938. The molecule has 2 aromatic rings. The van der Waals surface area contributed by atoms with Crippen molar-refractivity contribution in [2.45, 2.75) is 26.3 Å². The molecule has 2 fully saturated rings. The summed E-state index contributed by atoms with van der Waals surface area (Å²) in [4.78, 5) is 47.5. The van der Waals surface area contributed by atoms with Crippen LogP contribution >= 0.6 is 0 Å². The van der Waals surface area contributed by atoms with E-state index in [1.54, 1.807) is 23.1 Å². The van der Waals surface area contributed by atoms with Gasteiger partial charge >= 0.3 is 0 Å². The quantitative estimate of drug-likeness (QED) is 0.879. The molecule has 7 heteroatoms. The Balaban J connectivity index is 1.50. The van der Waals surface area contributed by atoms with Crippen molar-refractivity contribution in [1.29, 1.82) is 0 Å². The minimum absolute atomic E-state index is 0.0444. The summed E-state index contributed by atoms with van der Waals surface area (Å²) in [6.07, 6.45) is 2.32. The molecule has 1 saturated carbocycles. The van der Waals surface area contributed by atoms with Gasteiger partial charge in [-0.05, 0) is 37.5 Å². The normalized spacial score (nSPS) is 25.4. The molecular weight excluding hydrogens is 332 g/mol. The molecule has 3 atom stereocenters. The Kier molecular flexibility index (Phi) is 4.01. The number of nitrogens with zero attached hydrogens (tertiary/aromatic N) is 3. The Morgan fingerprint density at radius 1 is 1.23 bits per heavy atom. The molecule has 1 saturated heterocycles. The molecular formula is C19H22N4O3. The maximum atomic E-state index is 12.9. The molecule has 1 aromatic heterocycles. The van der Waals surface area contributed by atoms with Crippen LogP contribution in [0.25, 0.3) is 10.9 Å². The molecule has 136 valence electrons. The third-order valence-electron chi connectivity index (χ3n) is 5.52. The monoisotopic (exact) mass is 354 g/mol. The molecule has 0 bridgehead atoms. The van der Waals surface area contributed by atoms with Crippen LogP contribution in [0.15, 0.2) is 29.3 Å². The molecule has 2 aliphatic rings. The summed E-state index contributed by atoms with van der Waals surface area (Å²) in [6, 6.07) is 4.91. The van der Waals surface area contributed by atoms with Gasteiger partial charge in [0, 0.05) is 37.2 Å². The minimum Gasteiger partial charge on any atom is -0.339 e. The maximum absolute atomic E-state index is 12.9. The highest BCUT2D eigenvalue weighted by Gasteiger charge is 2.43. The number of benzene rings is 1. The molecule has 0 spiro atoms. The van der Waals surface area contributed by atoms with Gasteiger partial charge in [-0.2, -0.15) is 0 Å². The van der Waals surface area contributed by atoms with E-state index in [2.05, 4.69) is 16.9 Å². The van der Waals surface area contributed by atoms with Gasteiger partial charge in [-0.15, -0.1) is 0 Å². The van der Waals surface area contributed by atoms with Crippen molar-refractivity contribution in [3.05, 3.63) is 40.4 Å². The molecule has 2 heterocycles. The van der Waals surface area contributed by atoms with Gasteiger partial charge in [0.1, 0.15) is 0 Å². The second kappa shape index (κ2) is 6.23. The van der Waals surface area contributed by atoms with Crippen LogP contribution in [0.5, 0.6) is 0 Å². The third kappa shape index (κ3) is 2.87. The molecule has 1 aliphatic heterocycles. The lowest BCUT2D eigenvalue weighted by molar-refractivity contribution is -0.135. The van der Waals surface area contributed by atoms with E-state index in [-0.39, 0.29) is 29.3 Å². The van der Waals surface area contributed by atoms with E-state index in [9.17, 15) is 14.4 Å². The lowest BCUT2D eigenvalue weighted by Gasteiger charge is -2.40. The van der Waals surface area contributed by atoms with Crippen LogP contribution in [0.4, 0.5) is 0 Å². The van der Waals surface area contributed by atoms with Crippen LogP contribution in [0.1, 0.15) is 30.6 Å². The highest BCUT2D eigenvalue weighted by molar-refractivity contribution is 5.98. The molecule has 0 radical (unpaired) electrons. The predicted octanol–water partition coefficient (Wildman–Crippen LogP) is 1.25. The van der Waals surface area contributed by atoms with Crippen LogP contribution in [0.3, 0.4) is 0 Å². The number of aromatic amines is 1. The lowest BCUT2D eigenvalue weighted by atomic mass is 10.1. The van der Waals surface area contributed by atoms with Gasteiger partial charge < -0.3 is 14.8 Å². The standard InChI is InChI=1S/C19H22N4O3/c1-11-7-15(11)19(26)22-5-6-23(12(2)9-22)18(25)13-3-4-14-16(8-13)20-10-21-17(14)24/h3-4,8,10-12,15H,5-7,9H2,1-2H3,(H,20,21,24)/t11-,12+,15-/m1/s1. The number of nitrogens with one attached hydrogen (secondary N) is 1. The predicted molar refractivity (Wildman–Crippen MR) is 96.7 cm³/mol. The fraction of sp³-hybridized carbons (Fsp3) is 0.474. The van der Waals surface area contributed by atoms with Gasteiger partial charge in [0.25, 0.3) is 11.5 Å². The second-order valence-corrected chi connectivity index (χ2v) is 7.41. The SMILES string of the molecule is C[C@@H]1C[C@H]1C(=O)N1CCN(C(=O)c2ccc3c(=O)[nH]cnc3c2)[C@@H](C)C1. The van der Waals surface area contributed by atoms with Crippen LogP contribution in [-0.2, 0) is 4.79 Å². The Morgan fingerprint density at radius 3 is 2.69 bits per heavy atom. The van der Waals surface area contributed by atoms with Gasteiger partial charge in [0.2, 0.25) is 5.91 Å². The minimum atomic E-state index is -0.219. The van der Waals surface area contributed by atoms with Crippen molar-refractivity contribution in [3.8, 4) is 0 Å². The number of carbonyl (C=O) groups excluding carboxylic acids is 2. The first kappa shape index (κ1) is 16.8. The van der Waals surface area contributed by atoms with E-state index in [0.717, 1.165) is 6.42 Å². The van der Waals surface area contributed by atoms with Gasteiger partial charge in [-0.1, -0.05) is 6.92 Å². The number of carbonyl (C=O) groups is 2. The Morgan fingerprint density at radius 2 is 2.00 bits per heavy atom. The summed E-state index contributed by atoms with van der Waals surface area (Å²) in [5.41, 5.74) is 0.797. The Labute approximate surface area is 151 Å². The first-order valence-corrected chi connectivity index (χ1v) is 9.03. The van der Waals surface area contributed by atoms with E-state index in [0.29, 0.717) is 42.0 Å². The van der Waals surface area contributed by atoms with Crippen molar-refractivity contribution in [3.63, 3.8) is 0 Å². The van der Waals surface area contributed by atoms with E-state index in [1.807, 2.05) is 11.8 Å². The largest absolute Gasteiger partial charge is 0.339 e. The lowest BCUT2D eigenvalue weighted by Crippen LogP contribution is -2.55. The fourth-order valence-electron chi connectivity index (χ4n) is 3.73. The number of fused-ring (bicyclic) bond motifs is 1. The van der Waals surface area contributed by atoms with Crippen LogP contribution in [0, 0.1) is 11.8 Å². The number of H-pyrrole nitrogens is 1. The van der Waals surface area contributed by atoms with E-state index in [1.165, 1.54) is 6.33 Å². The number of hydrogen-bond donors (Lipinski definition) is 1. The van der Waals surface area contributed by atoms with Crippen LogP contribution < -0.4 is 5.56 Å². The fourth-order valence-corrected chi connectivity index (χ4v) is 3.73. The average molecular weight is 354 g/mol. The zero-order valence-corrected chi connectivity index (χ0v) is 14.9. The second-order valence-electron chi connectivity index (χ2n) is 7.41. The zero-order chi connectivity index (χ0) is 18.4. The third-order valence-corrected chi connectivity index (χ3v) is 5.52. The zero-order valence-electron chi connectivity index (χ0n) is 14.9. The Hall–Kier alpha value is -2.70. The first-order valence-electron chi connectivity index (χ1n) is 9.03. The highest BCUT2D eigenvalue weighted by atomic mass is 16.2. The van der Waals surface area contributed by atoms with E-state index in [4.69, 9.17) is 0 Å². The summed E-state index contributed by atoms with van der Waals surface area (Å²) in [5, 5.41) is 0.464. The van der Waals surface area contributed by atoms with Crippen LogP contribution in [0.2, 0.25) is 0 Å². The van der Waals surface area contributed by atoms with Gasteiger partial charge in [0.05, 0.1) is 17.2 Å². The first-order chi connectivity index (χ1) is 12.5. The number of hydrogen-bond acceptors (Lipinski definition) is 4. The molecule has 7 nitrogen and oxygen atoms in total. The summed E-state index contributed by atoms with van der Waals surface area (Å²) in [5.74, 6) is 0.804. The van der Waals surface area contributed by atoms with Crippen molar-refractivity contribution >= 4 is 22.7 Å². The van der Waals surface area contributed by atoms with Gasteiger partial charge in [-0.25, -0.2) is 4.98 Å². The molecule has 1 aliphatic carbocycles. The molecule has 26 heavy (non-hydrogen) atoms. The van der Waals surface area contributed by atoms with Crippen molar-refractivity contribution in [1.82, 2.24) is 19.8 Å². The van der Waals surface area contributed by atoms with Crippen molar-refractivity contribution < 1.29 is 9.59 Å². The van der Waals surface area contributed by atoms with Crippen molar-refractivity contribution in [2.75, 3.05) is 19.6 Å². The van der Waals surface area contributed by atoms with E-state index >= 15 is 0 Å². The molecule has 0 unspecified atom stereocenters. The summed E-state index contributed by atoms with van der Waals surface area (Å²) in [7, 11) is 0. The van der Waals surface area contributed by atoms with Crippen LogP contribution in [-0.4, -0.2) is 57.3 Å². The number of amides is 2. The number of rotatable bonds is 2. The number of piperazine rings is 1. The van der Waals surface area contributed by atoms with Crippen molar-refractivity contribution in [2.24, 2.45) is 11.8 Å². The summed E-state index contributed by atoms with van der Waals surface area (Å²) < 4.78 is 0. The molecule has 4 rings (SSSR count). The highest BCUT2D eigenvalue weighted by Crippen LogP contribution is 2.39. The maximum Gasteiger partial charge on any atom is 0.258 e. The van der Waals surface area contributed by atoms with Gasteiger partial charge in [0.15, 0.2) is 0 Å². The molecule has 1 aromatic carbocycles. The van der Waals surface area contributed by atoms with E-state index < -0.39 is 0 Å². The molecule has 1 N–H and O–H groups in total. The molecule has 2 amide bonds. The van der Waals surface area contributed by atoms with Gasteiger partial charge in [-0.3, -0.25) is 14.4 Å².